The van der Waals surface area contributed by atoms with Gasteiger partial charge in [0.25, 0.3) is 0 Å². The maximum absolute atomic E-state index is 14.0. The van der Waals surface area contributed by atoms with E-state index in [1.54, 1.807) is 13.1 Å². The van der Waals surface area contributed by atoms with Gasteiger partial charge < -0.3 is 15.1 Å². The lowest BCUT2D eigenvalue weighted by Gasteiger charge is -2.37. The van der Waals surface area contributed by atoms with Gasteiger partial charge in [-0.2, -0.15) is 0 Å². The van der Waals surface area contributed by atoms with Gasteiger partial charge in [-0.15, -0.1) is 0 Å². The lowest BCUT2D eigenvalue weighted by atomic mass is 10.1. The summed E-state index contributed by atoms with van der Waals surface area (Å²) in [6.07, 6.45) is 1.23. The van der Waals surface area contributed by atoms with E-state index in [0.717, 1.165) is 43.3 Å². The number of sulfone groups is 1. The van der Waals surface area contributed by atoms with E-state index in [0.29, 0.717) is 12.2 Å². The highest BCUT2D eigenvalue weighted by Gasteiger charge is 2.21. The molecule has 0 bridgehead atoms. The molecule has 1 N–H and O–H groups in total. The van der Waals surface area contributed by atoms with Crippen molar-refractivity contribution in [1.82, 2.24) is 10.2 Å². The Morgan fingerprint density at radius 1 is 1.03 bits per heavy atom. The smallest absolute Gasteiger partial charge is 0.194 e. The maximum Gasteiger partial charge on any atom is 0.194 e. The van der Waals surface area contributed by atoms with Gasteiger partial charge in [-0.1, -0.05) is 36.4 Å². The van der Waals surface area contributed by atoms with Crippen LogP contribution in [0.3, 0.4) is 0 Å². The first-order chi connectivity index (χ1) is 13.9. The Morgan fingerprint density at radius 3 is 2.24 bits per heavy atom. The van der Waals surface area contributed by atoms with Crippen molar-refractivity contribution in [2.45, 2.75) is 12.3 Å². The molecule has 0 radical (unpaired) electrons. The molecule has 1 aliphatic heterocycles. The Labute approximate surface area is 172 Å². The number of guanidine groups is 1. The molecule has 0 spiro atoms. The van der Waals surface area contributed by atoms with Crippen molar-refractivity contribution in [1.29, 1.82) is 0 Å². The summed E-state index contributed by atoms with van der Waals surface area (Å²) in [5.41, 5.74) is 2.47. The van der Waals surface area contributed by atoms with Gasteiger partial charge in [-0.3, -0.25) is 4.99 Å². The van der Waals surface area contributed by atoms with E-state index >= 15 is 0 Å². The molecule has 1 aliphatic rings. The summed E-state index contributed by atoms with van der Waals surface area (Å²) in [5, 5.41) is 3.35. The summed E-state index contributed by atoms with van der Waals surface area (Å²) in [4.78, 5) is 8.58. The predicted molar refractivity (Wildman–Crippen MR) is 115 cm³/mol. The molecule has 2 aromatic rings. The van der Waals surface area contributed by atoms with E-state index in [4.69, 9.17) is 0 Å². The van der Waals surface area contributed by atoms with E-state index in [1.807, 2.05) is 36.4 Å². The molecule has 3 rings (SSSR count). The van der Waals surface area contributed by atoms with Crippen LogP contribution in [0.15, 0.2) is 53.5 Å². The maximum atomic E-state index is 14.0. The Morgan fingerprint density at radius 2 is 1.66 bits per heavy atom. The van der Waals surface area contributed by atoms with Crippen LogP contribution in [0.4, 0.5) is 10.1 Å². The minimum atomic E-state index is -3.03. The SMILES string of the molecule is CN=C(NCc1ccc(CS(C)(=O)=O)cc1)N1CCN(c2ccccc2F)CC1. The van der Waals surface area contributed by atoms with Crippen LogP contribution in [0.1, 0.15) is 11.1 Å². The number of nitrogens with one attached hydrogen (secondary N) is 1. The van der Waals surface area contributed by atoms with Gasteiger partial charge in [0.2, 0.25) is 0 Å². The predicted octanol–water partition coefficient (Wildman–Crippen LogP) is 2.27. The van der Waals surface area contributed by atoms with E-state index in [-0.39, 0.29) is 11.6 Å². The molecule has 1 fully saturated rings. The first-order valence-electron chi connectivity index (χ1n) is 9.56. The monoisotopic (exact) mass is 418 g/mol. The molecule has 1 heterocycles. The number of rotatable bonds is 5. The number of benzene rings is 2. The third-order valence-electron chi connectivity index (χ3n) is 4.89. The quantitative estimate of drug-likeness (QED) is 0.596. The lowest BCUT2D eigenvalue weighted by Crippen LogP contribution is -2.52. The molecule has 0 atom stereocenters. The molecule has 8 heteroatoms. The molecule has 0 aromatic heterocycles. The zero-order valence-electron chi connectivity index (χ0n) is 16.8. The van der Waals surface area contributed by atoms with Crippen molar-refractivity contribution >= 4 is 21.5 Å². The molecule has 0 aliphatic carbocycles. The molecule has 2 aromatic carbocycles. The van der Waals surface area contributed by atoms with Crippen molar-refractivity contribution in [2.75, 3.05) is 44.4 Å². The summed E-state index contributed by atoms with van der Waals surface area (Å²) in [5.74, 6) is 0.662. The van der Waals surface area contributed by atoms with Crippen LogP contribution in [0.25, 0.3) is 0 Å². The number of piperazine rings is 1. The molecule has 6 nitrogen and oxygen atoms in total. The number of anilines is 1. The molecule has 0 saturated carbocycles. The Hall–Kier alpha value is -2.61. The van der Waals surface area contributed by atoms with Crippen molar-refractivity contribution < 1.29 is 12.8 Å². The van der Waals surface area contributed by atoms with Crippen LogP contribution in [0.2, 0.25) is 0 Å². The fourth-order valence-corrected chi connectivity index (χ4v) is 4.23. The second-order valence-corrected chi connectivity index (χ2v) is 9.35. The van der Waals surface area contributed by atoms with E-state index in [1.165, 1.54) is 12.3 Å². The minimum absolute atomic E-state index is 0.0503. The van der Waals surface area contributed by atoms with Crippen LogP contribution in [-0.4, -0.2) is 58.8 Å². The van der Waals surface area contributed by atoms with Gasteiger partial charge in [0, 0.05) is 46.0 Å². The molecule has 156 valence electrons. The standard InChI is InChI=1S/C21H27FN4O2S/c1-23-21(24-15-17-7-9-18(10-8-17)16-29(2,27)28)26-13-11-25(12-14-26)20-6-4-3-5-19(20)22/h3-10H,11-16H2,1-2H3,(H,23,24). The van der Waals surface area contributed by atoms with Crippen molar-refractivity contribution in [3.05, 3.63) is 65.5 Å². The number of halogens is 1. The first-order valence-corrected chi connectivity index (χ1v) is 11.6. The Bertz CT molecular complexity index is 953. The normalized spacial score (nSPS) is 15.5. The van der Waals surface area contributed by atoms with Gasteiger partial charge in [-0.25, -0.2) is 12.8 Å². The van der Waals surface area contributed by atoms with Crippen LogP contribution >= 0.6 is 0 Å². The van der Waals surface area contributed by atoms with Gasteiger partial charge in [0.1, 0.15) is 5.82 Å². The highest BCUT2D eigenvalue weighted by atomic mass is 32.2. The highest BCUT2D eigenvalue weighted by molar-refractivity contribution is 7.89. The first kappa shape index (κ1) is 21.1. The third-order valence-corrected chi connectivity index (χ3v) is 5.74. The second-order valence-electron chi connectivity index (χ2n) is 7.21. The summed E-state index contributed by atoms with van der Waals surface area (Å²) >= 11 is 0. The van der Waals surface area contributed by atoms with Crippen molar-refractivity contribution in [3.63, 3.8) is 0 Å². The number of nitrogens with zero attached hydrogens (tertiary/aromatic N) is 3. The van der Waals surface area contributed by atoms with Gasteiger partial charge in [-0.05, 0) is 23.3 Å². The summed E-state index contributed by atoms with van der Waals surface area (Å²) in [6.45, 7) is 3.55. The van der Waals surface area contributed by atoms with Crippen LogP contribution in [0, 0.1) is 5.82 Å². The molecular weight excluding hydrogens is 391 g/mol. The van der Waals surface area contributed by atoms with Crippen LogP contribution < -0.4 is 10.2 Å². The lowest BCUT2D eigenvalue weighted by molar-refractivity contribution is 0.370. The van der Waals surface area contributed by atoms with Gasteiger partial charge >= 0.3 is 0 Å². The van der Waals surface area contributed by atoms with E-state index in [9.17, 15) is 12.8 Å². The van der Waals surface area contributed by atoms with Crippen molar-refractivity contribution in [2.24, 2.45) is 4.99 Å². The van der Waals surface area contributed by atoms with E-state index in [2.05, 4.69) is 20.1 Å². The number of aliphatic imine (C=N–C) groups is 1. The van der Waals surface area contributed by atoms with Gasteiger partial charge in [0.15, 0.2) is 15.8 Å². The highest BCUT2D eigenvalue weighted by Crippen LogP contribution is 2.20. The number of para-hydroxylation sites is 1. The Balaban J connectivity index is 1.53. The summed E-state index contributed by atoms with van der Waals surface area (Å²) in [6, 6.07) is 14.4. The van der Waals surface area contributed by atoms with E-state index < -0.39 is 9.84 Å². The molecular formula is C21H27FN4O2S. The Kier molecular flexibility index (Phi) is 6.74. The zero-order valence-corrected chi connectivity index (χ0v) is 17.6. The van der Waals surface area contributed by atoms with Crippen LogP contribution in [-0.2, 0) is 22.1 Å². The number of hydrogen-bond donors (Lipinski definition) is 1. The topological polar surface area (TPSA) is 65.0 Å². The largest absolute Gasteiger partial charge is 0.366 e. The second kappa shape index (κ2) is 9.26. The van der Waals surface area contributed by atoms with Crippen molar-refractivity contribution in [3.8, 4) is 0 Å². The third kappa shape index (κ3) is 5.93. The average Bonchev–Trinajstić information content (AvgIpc) is 2.69. The zero-order chi connectivity index (χ0) is 20.9. The summed E-state index contributed by atoms with van der Waals surface area (Å²) < 4.78 is 36.8. The molecule has 0 amide bonds. The van der Waals surface area contributed by atoms with Gasteiger partial charge in [0.05, 0.1) is 11.4 Å². The minimum Gasteiger partial charge on any atom is -0.366 e. The fraction of sp³-hybridized carbons (Fsp3) is 0.381. The van der Waals surface area contributed by atoms with Crippen LogP contribution in [0.5, 0.6) is 0 Å². The molecule has 1 saturated heterocycles. The fourth-order valence-electron chi connectivity index (χ4n) is 3.44. The average molecular weight is 419 g/mol. The number of hydrogen-bond acceptors (Lipinski definition) is 4. The summed E-state index contributed by atoms with van der Waals surface area (Å²) in [7, 11) is -1.28. The molecule has 0 unspecified atom stereocenters. The molecule has 29 heavy (non-hydrogen) atoms.